The van der Waals surface area contributed by atoms with E-state index in [1.165, 1.54) is 11.8 Å². The number of aromatic nitrogens is 2. The van der Waals surface area contributed by atoms with Crippen LogP contribution in [-0.2, 0) is 4.79 Å². The summed E-state index contributed by atoms with van der Waals surface area (Å²) in [7, 11) is 0. The molecule has 1 amide bonds. The molecule has 3 aromatic carbocycles. The molecule has 1 heterocycles. The average Bonchev–Trinajstić information content (AvgIpc) is 3.59. The Morgan fingerprint density at radius 1 is 1.07 bits per heavy atom. The largest absolute Gasteiger partial charge is 0.325 e. The van der Waals surface area contributed by atoms with E-state index in [4.69, 9.17) is 4.98 Å². The molecule has 1 aliphatic rings. The molecule has 0 unspecified atom stereocenters. The van der Waals surface area contributed by atoms with Gasteiger partial charge in [0.25, 0.3) is 5.56 Å². The number of rotatable bonds is 5. The number of nitrogens with zero attached hydrogens (tertiary/aromatic N) is 2. The Balaban J connectivity index is 1.41. The van der Waals surface area contributed by atoms with Crippen molar-refractivity contribution in [2.45, 2.75) is 36.2 Å². The molecule has 150 valence electrons. The molecular formula is C24H21N3O2S. The monoisotopic (exact) mass is 415 g/mol. The Bertz CT molecular complexity index is 1330. The molecule has 1 atom stereocenters. The summed E-state index contributed by atoms with van der Waals surface area (Å²) in [5.41, 5.74) is 1.41. The summed E-state index contributed by atoms with van der Waals surface area (Å²) in [5, 5.41) is 6.05. The molecule has 0 bridgehead atoms. The molecule has 1 aliphatic carbocycles. The fraction of sp³-hybridized carbons (Fsp3) is 0.208. The van der Waals surface area contributed by atoms with Crippen LogP contribution in [0.3, 0.4) is 0 Å². The van der Waals surface area contributed by atoms with Gasteiger partial charge in [0.15, 0.2) is 5.16 Å². The lowest BCUT2D eigenvalue weighted by atomic mass is 10.1. The maximum absolute atomic E-state index is 13.0. The van der Waals surface area contributed by atoms with Crippen molar-refractivity contribution in [3.8, 4) is 0 Å². The first-order valence-electron chi connectivity index (χ1n) is 10.1. The minimum atomic E-state index is -0.394. The van der Waals surface area contributed by atoms with Gasteiger partial charge in [0.1, 0.15) is 0 Å². The van der Waals surface area contributed by atoms with Gasteiger partial charge >= 0.3 is 0 Å². The molecule has 6 heteroatoms. The van der Waals surface area contributed by atoms with E-state index in [2.05, 4.69) is 5.32 Å². The standard InChI is InChI=1S/C24H21N3O2S/c1-15(22(28)25-18-11-10-16-6-2-3-7-17(16)14-18)30-24-26-21-9-5-4-8-20(21)23(29)27(24)19-12-13-19/h2-11,14-15,19H,12-13H2,1H3,(H,25,28)/t15-/m1/s1. The minimum Gasteiger partial charge on any atom is -0.325 e. The first-order valence-corrected chi connectivity index (χ1v) is 11.0. The van der Waals surface area contributed by atoms with Gasteiger partial charge in [-0.1, -0.05) is 54.2 Å². The van der Waals surface area contributed by atoms with E-state index in [0.717, 1.165) is 29.3 Å². The first kappa shape index (κ1) is 18.9. The number of benzene rings is 3. The number of carbonyl (C=O) groups is 1. The van der Waals surface area contributed by atoms with E-state index < -0.39 is 5.25 Å². The fourth-order valence-electron chi connectivity index (χ4n) is 3.59. The van der Waals surface area contributed by atoms with E-state index in [1.807, 2.05) is 73.7 Å². The zero-order chi connectivity index (χ0) is 20.7. The highest BCUT2D eigenvalue weighted by Gasteiger charge is 2.30. The van der Waals surface area contributed by atoms with Crippen molar-refractivity contribution in [2.24, 2.45) is 0 Å². The van der Waals surface area contributed by atoms with Crippen molar-refractivity contribution in [1.29, 1.82) is 0 Å². The molecule has 30 heavy (non-hydrogen) atoms. The molecule has 0 saturated heterocycles. The molecule has 1 aromatic heterocycles. The van der Waals surface area contributed by atoms with Crippen molar-refractivity contribution < 1.29 is 4.79 Å². The summed E-state index contributed by atoms with van der Waals surface area (Å²) in [5.74, 6) is -0.111. The second-order valence-electron chi connectivity index (χ2n) is 7.63. The molecule has 0 radical (unpaired) electrons. The lowest BCUT2D eigenvalue weighted by Gasteiger charge is -2.16. The van der Waals surface area contributed by atoms with Gasteiger partial charge in [-0.3, -0.25) is 14.2 Å². The smallest absolute Gasteiger partial charge is 0.262 e. The summed E-state index contributed by atoms with van der Waals surface area (Å²) in [6.07, 6.45) is 1.95. The molecule has 1 fully saturated rings. The van der Waals surface area contributed by atoms with Gasteiger partial charge in [-0.15, -0.1) is 0 Å². The Morgan fingerprint density at radius 2 is 1.80 bits per heavy atom. The average molecular weight is 416 g/mol. The van der Waals surface area contributed by atoms with Crippen molar-refractivity contribution in [3.05, 3.63) is 77.1 Å². The second-order valence-corrected chi connectivity index (χ2v) is 8.94. The maximum atomic E-state index is 13.0. The van der Waals surface area contributed by atoms with Crippen LogP contribution in [0.25, 0.3) is 21.7 Å². The number of amides is 1. The summed E-state index contributed by atoms with van der Waals surface area (Å²) < 4.78 is 1.77. The molecule has 5 rings (SSSR count). The number of carbonyl (C=O) groups excluding carboxylic acids is 1. The summed E-state index contributed by atoms with van der Waals surface area (Å²) in [6.45, 7) is 1.85. The van der Waals surface area contributed by atoms with E-state index in [0.29, 0.717) is 16.1 Å². The Kier molecular flexibility index (Phi) is 4.79. The van der Waals surface area contributed by atoms with Crippen molar-refractivity contribution >= 4 is 45.0 Å². The predicted molar refractivity (Wildman–Crippen MR) is 122 cm³/mol. The lowest BCUT2D eigenvalue weighted by Crippen LogP contribution is -2.26. The molecule has 1 saturated carbocycles. The third kappa shape index (κ3) is 3.59. The van der Waals surface area contributed by atoms with Crippen molar-refractivity contribution in [1.82, 2.24) is 9.55 Å². The number of nitrogens with one attached hydrogen (secondary N) is 1. The van der Waals surface area contributed by atoms with Crippen LogP contribution in [0.15, 0.2) is 76.7 Å². The first-order chi connectivity index (χ1) is 14.6. The highest BCUT2D eigenvalue weighted by molar-refractivity contribution is 8.00. The number of fused-ring (bicyclic) bond motifs is 2. The van der Waals surface area contributed by atoms with Crippen LogP contribution in [0.2, 0.25) is 0 Å². The number of anilines is 1. The normalized spacial score (nSPS) is 14.7. The van der Waals surface area contributed by atoms with Gasteiger partial charge < -0.3 is 5.32 Å². The van der Waals surface area contributed by atoms with Gasteiger partial charge in [0.2, 0.25) is 5.91 Å². The van der Waals surface area contributed by atoms with Crippen molar-refractivity contribution in [3.63, 3.8) is 0 Å². The zero-order valence-electron chi connectivity index (χ0n) is 16.5. The van der Waals surface area contributed by atoms with Crippen molar-refractivity contribution in [2.75, 3.05) is 5.32 Å². The van der Waals surface area contributed by atoms with Gasteiger partial charge in [0, 0.05) is 11.7 Å². The van der Waals surface area contributed by atoms with Crippen LogP contribution >= 0.6 is 11.8 Å². The van der Waals surface area contributed by atoms with Crippen LogP contribution in [0.1, 0.15) is 25.8 Å². The van der Waals surface area contributed by atoms with Crippen LogP contribution in [-0.4, -0.2) is 20.7 Å². The zero-order valence-corrected chi connectivity index (χ0v) is 17.4. The minimum absolute atomic E-state index is 0.0206. The molecule has 4 aromatic rings. The fourth-order valence-corrected chi connectivity index (χ4v) is 4.56. The summed E-state index contributed by atoms with van der Waals surface area (Å²) in [4.78, 5) is 30.6. The summed E-state index contributed by atoms with van der Waals surface area (Å²) in [6, 6.07) is 21.5. The van der Waals surface area contributed by atoms with Crippen LogP contribution in [0, 0.1) is 0 Å². The SMILES string of the molecule is C[C@@H](Sc1nc2ccccc2c(=O)n1C1CC1)C(=O)Nc1ccc2ccccc2c1. The third-order valence-electron chi connectivity index (χ3n) is 5.36. The second kappa shape index (κ2) is 7.61. The van der Waals surface area contributed by atoms with E-state index in [9.17, 15) is 9.59 Å². The van der Waals surface area contributed by atoms with Crippen LogP contribution in [0.5, 0.6) is 0 Å². The number of hydrogen-bond acceptors (Lipinski definition) is 4. The number of hydrogen-bond donors (Lipinski definition) is 1. The number of thioether (sulfide) groups is 1. The highest BCUT2D eigenvalue weighted by atomic mass is 32.2. The van der Waals surface area contributed by atoms with Crippen LogP contribution in [0.4, 0.5) is 5.69 Å². The van der Waals surface area contributed by atoms with Gasteiger partial charge in [-0.2, -0.15) is 0 Å². The van der Waals surface area contributed by atoms with Gasteiger partial charge in [-0.05, 0) is 54.8 Å². The van der Waals surface area contributed by atoms with E-state index in [-0.39, 0.29) is 17.5 Å². The molecule has 0 aliphatic heterocycles. The quantitative estimate of drug-likeness (QED) is 0.368. The lowest BCUT2D eigenvalue weighted by molar-refractivity contribution is -0.115. The Hall–Kier alpha value is -3.12. The molecule has 0 spiro atoms. The molecular weight excluding hydrogens is 394 g/mol. The predicted octanol–water partition coefficient (Wildman–Crippen LogP) is 5.00. The van der Waals surface area contributed by atoms with E-state index in [1.54, 1.807) is 4.57 Å². The maximum Gasteiger partial charge on any atom is 0.262 e. The molecule has 5 nitrogen and oxygen atoms in total. The van der Waals surface area contributed by atoms with Gasteiger partial charge in [-0.25, -0.2) is 4.98 Å². The topological polar surface area (TPSA) is 64.0 Å². The highest BCUT2D eigenvalue weighted by Crippen LogP contribution is 2.37. The Labute approximate surface area is 178 Å². The van der Waals surface area contributed by atoms with Gasteiger partial charge in [0.05, 0.1) is 16.2 Å². The summed E-state index contributed by atoms with van der Waals surface area (Å²) >= 11 is 1.34. The Morgan fingerprint density at radius 3 is 2.60 bits per heavy atom. The van der Waals surface area contributed by atoms with E-state index >= 15 is 0 Å². The third-order valence-corrected chi connectivity index (χ3v) is 6.42. The number of para-hydroxylation sites is 1. The van der Waals surface area contributed by atoms with Crippen LogP contribution < -0.4 is 10.9 Å². The molecule has 1 N–H and O–H groups in total.